The van der Waals surface area contributed by atoms with Gasteiger partial charge in [-0.3, -0.25) is 4.79 Å². The van der Waals surface area contributed by atoms with E-state index in [1.54, 1.807) is 6.92 Å². The van der Waals surface area contributed by atoms with Crippen molar-refractivity contribution in [3.8, 4) is 11.5 Å². The highest BCUT2D eigenvalue weighted by molar-refractivity contribution is 5.78. The van der Waals surface area contributed by atoms with Crippen LogP contribution in [0.15, 0.2) is 12.1 Å². The van der Waals surface area contributed by atoms with E-state index < -0.39 is 6.10 Å². The lowest BCUT2D eigenvalue weighted by molar-refractivity contribution is -0.133. The zero-order chi connectivity index (χ0) is 18.2. The maximum absolute atomic E-state index is 12.7. The molecule has 0 bridgehead atoms. The summed E-state index contributed by atoms with van der Waals surface area (Å²) in [6.45, 7) is 10.7. The lowest BCUT2D eigenvalue weighted by atomic mass is 9.95. The summed E-state index contributed by atoms with van der Waals surface area (Å²) in [5.74, 6) is 1.59. The van der Waals surface area contributed by atoms with Crippen LogP contribution in [0.2, 0.25) is 0 Å². The first kappa shape index (κ1) is 17.9. The molecule has 2 heterocycles. The van der Waals surface area contributed by atoms with Gasteiger partial charge in [0.1, 0.15) is 0 Å². The van der Waals surface area contributed by atoms with E-state index in [0.29, 0.717) is 32.6 Å². The van der Waals surface area contributed by atoms with E-state index in [1.807, 2.05) is 17.0 Å². The number of carbonyl (C=O) groups is 1. The fourth-order valence-corrected chi connectivity index (χ4v) is 3.42. The van der Waals surface area contributed by atoms with E-state index in [2.05, 4.69) is 25.7 Å². The third-order valence-corrected chi connectivity index (χ3v) is 4.37. The number of nitrogens with zero attached hydrogens (tertiary/aromatic N) is 2. The molecular weight excluding hydrogens is 320 g/mol. The molecule has 1 amide bonds. The molecule has 1 unspecified atom stereocenters. The molecule has 25 heavy (non-hydrogen) atoms. The number of fused-ring (bicyclic) bond motifs is 2. The van der Waals surface area contributed by atoms with E-state index in [4.69, 9.17) is 9.47 Å². The van der Waals surface area contributed by atoms with E-state index in [9.17, 15) is 9.90 Å². The molecule has 2 aliphatic rings. The summed E-state index contributed by atoms with van der Waals surface area (Å²) in [6.07, 6.45) is -0.0325. The number of β-amino-alcohol motifs (C(OH)–C–C–N with tert-alkyl or cyclic N) is 1. The lowest BCUT2D eigenvalue weighted by Gasteiger charge is -2.36. The molecule has 1 N–H and O–H groups in total. The second-order valence-corrected chi connectivity index (χ2v) is 8.19. The van der Waals surface area contributed by atoms with Crippen molar-refractivity contribution in [1.29, 1.82) is 0 Å². The minimum atomic E-state index is -0.474. The summed E-state index contributed by atoms with van der Waals surface area (Å²) in [5.41, 5.74) is 2.07. The van der Waals surface area contributed by atoms with Crippen LogP contribution in [0.4, 0.5) is 5.69 Å². The zero-order valence-electron chi connectivity index (χ0n) is 15.5. The third kappa shape index (κ3) is 4.18. The summed E-state index contributed by atoms with van der Waals surface area (Å²) >= 11 is 0. The van der Waals surface area contributed by atoms with Gasteiger partial charge < -0.3 is 24.4 Å². The Hall–Kier alpha value is -1.95. The molecule has 0 radical (unpaired) electrons. The van der Waals surface area contributed by atoms with Crippen LogP contribution in [0.1, 0.15) is 39.7 Å². The fourth-order valence-electron chi connectivity index (χ4n) is 3.42. The normalized spacial score (nSPS) is 18.7. The van der Waals surface area contributed by atoms with Crippen molar-refractivity contribution in [3.63, 3.8) is 0 Å². The average molecular weight is 348 g/mol. The van der Waals surface area contributed by atoms with Crippen molar-refractivity contribution in [3.05, 3.63) is 17.7 Å². The molecule has 6 nitrogen and oxygen atoms in total. The van der Waals surface area contributed by atoms with Crippen molar-refractivity contribution in [1.82, 2.24) is 4.90 Å². The van der Waals surface area contributed by atoms with Crippen molar-refractivity contribution < 1.29 is 19.4 Å². The van der Waals surface area contributed by atoms with Crippen LogP contribution in [0.25, 0.3) is 0 Å². The Morgan fingerprint density at radius 3 is 2.52 bits per heavy atom. The number of carbonyl (C=O) groups excluding carboxylic acids is 1. The molecule has 0 fully saturated rings. The predicted octanol–water partition coefficient (Wildman–Crippen LogP) is 2.38. The van der Waals surface area contributed by atoms with Crippen molar-refractivity contribution in [2.45, 2.75) is 46.8 Å². The van der Waals surface area contributed by atoms with Gasteiger partial charge >= 0.3 is 0 Å². The minimum Gasteiger partial charge on any atom is -0.454 e. The van der Waals surface area contributed by atoms with Gasteiger partial charge in [-0.1, -0.05) is 20.8 Å². The second kappa shape index (κ2) is 6.75. The second-order valence-electron chi connectivity index (χ2n) is 8.19. The van der Waals surface area contributed by atoms with Gasteiger partial charge in [-0.15, -0.1) is 0 Å². The number of rotatable bonds is 3. The fraction of sp³-hybridized carbons (Fsp3) is 0.632. The third-order valence-electron chi connectivity index (χ3n) is 4.37. The SMILES string of the molecule is CC(O)CN1CCC(=O)N(CC(C)(C)C)Cc2cc3c(cc21)OCO3. The summed E-state index contributed by atoms with van der Waals surface area (Å²) in [4.78, 5) is 16.7. The molecule has 0 saturated heterocycles. The van der Waals surface area contributed by atoms with Crippen molar-refractivity contribution in [2.24, 2.45) is 5.41 Å². The van der Waals surface area contributed by atoms with E-state index in [1.165, 1.54) is 0 Å². The zero-order valence-corrected chi connectivity index (χ0v) is 15.5. The standard InChI is InChI=1S/C19H28N2O4/c1-13(22)9-20-6-5-18(23)21(11-19(2,3)4)10-14-7-16-17(8-15(14)20)25-12-24-16/h7-8,13,22H,5-6,9-12H2,1-4H3. The summed E-state index contributed by atoms with van der Waals surface area (Å²) in [7, 11) is 0. The molecule has 1 aromatic carbocycles. The van der Waals surface area contributed by atoms with Gasteiger partial charge in [0.2, 0.25) is 12.7 Å². The van der Waals surface area contributed by atoms with E-state index in [-0.39, 0.29) is 18.1 Å². The van der Waals surface area contributed by atoms with Gasteiger partial charge in [0.15, 0.2) is 11.5 Å². The van der Waals surface area contributed by atoms with Crippen LogP contribution < -0.4 is 14.4 Å². The maximum Gasteiger partial charge on any atom is 0.231 e. The number of anilines is 1. The monoisotopic (exact) mass is 348 g/mol. The molecule has 2 aliphatic heterocycles. The van der Waals surface area contributed by atoms with Gasteiger partial charge in [0, 0.05) is 44.4 Å². The number of benzene rings is 1. The Bertz CT molecular complexity index is 652. The molecule has 6 heteroatoms. The Kier molecular flexibility index (Phi) is 4.82. The van der Waals surface area contributed by atoms with Gasteiger partial charge in [-0.05, 0) is 24.0 Å². The average Bonchev–Trinajstić information content (AvgIpc) is 2.94. The number of aliphatic hydroxyl groups excluding tert-OH is 1. The Morgan fingerprint density at radius 2 is 1.88 bits per heavy atom. The molecule has 0 spiro atoms. The largest absolute Gasteiger partial charge is 0.454 e. The number of amides is 1. The van der Waals surface area contributed by atoms with E-state index in [0.717, 1.165) is 22.7 Å². The number of aliphatic hydroxyl groups is 1. The predicted molar refractivity (Wildman–Crippen MR) is 95.9 cm³/mol. The van der Waals surface area contributed by atoms with Crippen LogP contribution in [-0.4, -0.2) is 48.4 Å². The molecule has 1 atom stereocenters. The highest BCUT2D eigenvalue weighted by atomic mass is 16.7. The molecule has 0 aromatic heterocycles. The van der Waals surface area contributed by atoms with Crippen molar-refractivity contribution in [2.75, 3.05) is 31.3 Å². The molecular formula is C19H28N2O4. The number of hydrogen-bond donors (Lipinski definition) is 1. The summed E-state index contributed by atoms with van der Waals surface area (Å²) < 4.78 is 11.0. The van der Waals surface area contributed by atoms with Gasteiger partial charge in [-0.2, -0.15) is 0 Å². The highest BCUT2D eigenvalue weighted by Gasteiger charge is 2.28. The number of hydrogen-bond acceptors (Lipinski definition) is 5. The topological polar surface area (TPSA) is 62.2 Å². The van der Waals surface area contributed by atoms with E-state index >= 15 is 0 Å². The summed E-state index contributed by atoms with van der Waals surface area (Å²) in [5, 5.41) is 9.86. The molecule has 1 aromatic rings. The maximum atomic E-state index is 12.7. The Labute approximate surface area is 149 Å². The summed E-state index contributed by atoms with van der Waals surface area (Å²) in [6, 6.07) is 3.95. The Morgan fingerprint density at radius 1 is 1.20 bits per heavy atom. The molecule has 0 saturated carbocycles. The Balaban J connectivity index is 1.98. The molecule has 138 valence electrons. The van der Waals surface area contributed by atoms with Crippen LogP contribution in [0.5, 0.6) is 11.5 Å². The van der Waals surface area contributed by atoms with Crippen LogP contribution in [0.3, 0.4) is 0 Å². The van der Waals surface area contributed by atoms with Crippen LogP contribution >= 0.6 is 0 Å². The number of ether oxygens (including phenoxy) is 2. The van der Waals surface area contributed by atoms with Gasteiger partial charge in [0.05, 0.1) is 6.10 Å². The molecule has 0 aliphatic carbocycles. The first-order valence-corrected chi connectivity index (χ1v) is 8.86. The van der Waals surface area contributed by atoms with Crippen LogP contribution in [-0.2, 0) is 11.3 Å². The lowest BCUT2D eigenvalue weighted by Crippen LogP contribution is -2.42. The first-order valence-electron chi connectivity index (χ1n) is 8.86. The molecule has 3 rings (SSSR count). The van der Waals surface area contributed by atoms with Gasteiger partial charge in [-0.25, -0.2) is 0 Å². The quantitative estimate of drug-likeness (QED) is 0.909. The van der Waals surface area contributed by atoms with Crippen molar-refractivity contribution >= 4 is 11.6 Å². The van der Waals surface area contributed by atoms with Gasteiger partial charge in [0.25, 0.3) is 0 Å². The van der Waals surface area contributed by atoms with Crippen LogP contribution in [0, 0.1) is 5.41 Å². The first-order chi connectivity index (χ1) is 11.7. The smallest absolute Gasteiger partial charge is 0.231 e. The minimum absolute atomic E-state index is 0.0324. The highest BCUT2D eigenvalue weighted by Crippen LogP contribution is 2.40.